The van der Waals surface area contributed by atoms with Gasteiger partial charge >= 0.3 is 0 Å². The van der Waals surface area contributed by atoms with Gasteiger partial charge in [0.25, 0.3) is 0 Å². The van der Waals surface area contributed by atoms with Crippen LogP contribution >= 0.6 is 22.9 Å². The Hall–Kier alpha value is -1.37. The zero-order chi connectivity index (χ0) is 13.9. The van der Waals surface area contributed by atoms with Crippen molar-refractivity contribution in [3.05, 3.63) is 34.3 Å². The fourth-order valence-electron chi connectivity index (χ4n) is 2.38. The third-order valence-electron chi connectivity index (χ3n) is 3.41. The van der Waals surface area contributed by atoms with E-state index in [9.17, 15) is 0 Å². The van der Waals surface area contributed by atoms with Crippen molar-refractivity contribution in [1.29, 1.82) is 0 Å². The zero-order valence-electron chi connectivity index (χ0n) is 11.0. The molecule has 20 heavy (non-hydrogen) atoms. The summed E-state index contributed by atoms with van der Waals surface area (Å²) in [5, 5.41) is 10.3. The smallest absolute Gasteiger partial charge is 0.203 e. The van der Waals surface area contributed by atoms with Crippen molar-refractivity contribution >= 4 is 33.8 Å². The third kappa shape index (κ3) is 3.03. The molecule has 5 nitrogen and oxygen atoms in total. The van der Waals surface area contributed by atoms with Crippen molar-refractivity contribution in [3.63, 3.8) is 0 Å². The van der Waals surface area contributed by atoms with Crippen LogP contribution in [-0.2, 0) is 6.54 Å². The molecule has 0 atom stereocenters. The van der Waals surface area contributed by atoms with Gasteiger partial charge in [-0.05, 0) is 12.1 Å². The average Bonchev–Trinajstić information content (AvgIpc) is 2.86. The molecule has 0 spiro atoms. The molecule has 7 heteroatoms. The van der Waals surface area contributed by atoms with E-state index in [1.54, 1.807) is 0 Å². The molecule has 2 heterocycles. The maximum Gasteiger partial charge on any atom is 0.203 e. The number of rotatable bonds is 3. The van der Waals surface area contributed by atoms with Crippen LogP contribution in [0, 0.1) is 0 Å². The van der Waals surface area contributed by atoms with Crippen LogP contribution in [0.5, 0.6) is 0 Å². The van der Waals surface area contributed by atoms with Crippen LogP contribution in [0.4, 0.5) is 10.8 Å². The molecule has 1 saturated heterocycles. The van der Waals surface area contributed by atoms with Crippen LogP contribution in [-0.4, -0.2) is 41.3 Å². The molecule has 106 valence electrons. The van der Waals surface area contributed by atoms with Crippen LogP contribution in [0.15, 0.2) is 24.3 Å². The highest BCUT2D eigenvalue weighted by atomic mass is 35.5. The third-order valence-corrected chi connectivity index (χ3v) is 4.46. The lowest BCUT2D eigenvalue weighted by atomic mass is 10.2. The van der Waals surface area contributed by atoms with E-state index in [2.05, 4.69) is 26.1 Å². The number of hydrogen-bond donors (Lipinski definition) is 1. The number of piperazine rings is 1. The number of para-hydroxylation sites is 1. The van der Waals surface area contributed by atoms with Gasteiger partial charge in [-0.25, -0.2) is 0 Å². The molecule has 0 amide bonds. The monoisotopic (exact) mass is 309 g/mol. The molecule has 2 aromatic rings. The molecule has 0 aliphatic carbocycles. The lowest BCUT2D eigenvalue weighted by molar-refractivity contribution is 0.249. The van der Waals surface area contributed by atoms with Crippen molar-refractivity contribution in [2.75, 3.05) is 36.8 Å². The fourth-order valence-corrected chi connectivity index (χ4v) is 3.28. The highest BCUT2D eigenvalue weighted by Crippen LogP contribution is 2.26. The van der Waals surface area contributed by atoms with Gasteiger partial charge in [-0.1, -0.05) is 35.1 Å². The minimum absolute atomic E-state index is 0.537. The topological polar surface area (TPSA) is 58.3 Å². The van der Waals surface area contributed by atoms with E-state index in [1.807, 2.05) is 18.2 Å². The van der Waals surface area contributed by atoms with E-state index in [0.717, 1.165) is 48.4 Å². The van der Waals surface area contributed by atoms with E-state index in [0.29, 0.717) is 5.13 Å². The molecule has 0 saturated carbocycles. The normalized spacial score (nSPS) is 16.6. The van der Waals surface area contributed by atoms with Gasteiger partial charge in [-0.2, -0.15) is 0 Å². The Morgan fingerprint density at radius 1 is 1.15 bits per heavy atom. The van der Waals surface area contributed by atoms with Gasteiger partial charge in [-0.3, -0.25) is 4.90 Å². The standard InChI is InChI=1S/C13H16ClN5S/c14-10-3-1-2-4-11(10)19-7-5-18(6-8-19)9-12-16-17-13(15)20-12/h1-4H,5-9H2,(H2,15,17). The molecule has 1 aliphatic heterocycles. The van der Waals surface area contributed by atoms with Crippen LogP contribution in [0.2, 0.25) is 5.02 Å². The Balaban J connectivity index is 1.58. The van der Waals surface area contributed by atoms with Crippen LogP contribution in [0.3, 0.4) is 0 Å². The predicted molar refractivity (Wildman–Crippen MR) is 83.3 cm³/mol. The number of nitrogens with two attached hydrogens (primary N) is 1. The summed E-state index contributed by atoms with van der Waals surface area (Å²) in [6.07, 6.45) is 0. The summed E-state index contributed by atoms with van der Waals surface area (Å²) in [5.41, 5.74) is 6.72. The SMILES string of the molecule is Nc1nnc(CN2CCN(c3ccccc3Cl)CC2)s1. The Kier molecular flexibility index (Phi) is 4.05. The van der Waals surface area contributed by atoms with E-state index in [1.165, 1.54) is 11.3 Å². The number of nitrogens with zero attached hydrogens (tertiary/aromatic N) is 4. The minimum Gasteiger partial charge on any atom is -0.374 e. The molecule has 1 aromatic heterocycles. The molecule has 2 N–H and O–H groups in total. The maximum absolute atomic E-state index is 6.24. The number of halogens is 1. The summed E-state index contributed by atoms with van der Waals surface area (Å²) in [6.45, 7) is 4.75. The van der Waals surface area contributed by atoms with Crippen molar-refractivity contribution in [2.24, 2.45) is 0 Å². The van der Waals surface area contributed by atoms with E-state index < -0.39 is 0 Å². The van der Waals surface area contributed by atoms with E-state index in [-0.39, 0.29) is 0 Å². The van der Waals surface area contributed by atoms with Crippen LogP contribution in [0.25, 0.3) is 0 Å². The van der Waals surface area contributed by atoms with Crippen molar-refractivity contribution < 1.29 is 0 Å². The van der Waals surface area contributed by atoms with Crippen LogP contribution in [0.1, 0.15) is 5.01 Å². The van der Waals surface area contributed by atoms with E-state index in [4.69, 9.17) is 17.3 Å². The Bertz CT molecular complexity index is 580. The first-order valence-corrected chi connectivity index (χ1v) is 7.71. The number of anilines is 2. The summed E-state index contributed by atoms with van der Waals surface area (Å²) < 4.78 is 0. The summed E-state index contributed by atoms with van der Waals surface area (Å²) in [5.74, 6) is 0. The maximum atomic E-state index is 6.24. The van der Waals surface area contributed by atoms with Gasteiger partial charge in [0.15, 0.2) is 0 Å². The lowest BCUT2D eigenvalue weighted by Gasteiger charge is -2.36. The molecule has 3 rings (SSSR count). The van der Waals surface area contributed by atoms with Gasteiger partial charge < -0.3 is 10.6 Å². The second-order valence-corrected chi connectivity index (χ2v) is 6.25. The zero-order valence-corrected chi connectivity index (χ0v) is 12.6. The molecular weight excluding hydrogens is 294 g/mol. The van der Waals surface area contributed by atoms with Gasteiger partial charge in [0.2, 0.25) is 5.13 Å². The number of nitrogen functional groups attached to an aromatic ring is 1. The second-order valence-electron chi connectivity index (χ2n) is 4.75. The molecule has 0 radical (unpaired) electrons. The first-order valence-electron chi connectivity index (χ1n) is 6.52. The number of hydrogen-bond acceptors (Lipinski definition) is 6. The van der Waals surface area contributed by atoms with Gasteiger partial charge in [0.1, 0.15) is 5.01 Å². The first kappa shape index (κ1) is 13.6. The van der Waals surface area contributed by atoms with Crippen molar-refractivity contribution in [1.82, 2.24) is 15.1 Å². The molecule has 1 aromatic carbocycles. The fraction of sp³-hybridized carbons (Fsp3) is 0.385. The molecule has 0 bridgehead atoms. The largest absolute Gasteiger partial charge is 0.374 e. The summed E-state index contributed by atoms with van der Waals surface area (Å²) in [4.78, 5) is 4.70. The Labute approximate surface area is 127 Å². The van der Waals surface area contributed by atoms with Crippen LogP contribution < -0.4 is 10.6 Å². The lowest BCUT2D eigenvalue weighted by Crippen LogP contribution is -2.46. The summed E-state index contributed by atoms with van der Waals surface area (Å²) >= 11 is 7.70. The second kappa shape index (κ2) is 5.95. The highest BCUT2D eigenvalue weighted by molar-refractivity contribution is 7.15. The molecular formula is C13H16ClN5S. The number of benzene rings is 1. The van der Waals surface area contributed by atoms with Crippen molar-refractivity contribution in [2.45, 2.75) is 6.54 Å². The predicted octanol–water partition coefficient (Wildman–Crippen LogP) is 2.10. The quantitative estimate of drug-likeness (QED) is 0.941. The first-order chi connectivity index (χ1) is 9.72. The van der Waals surface area contributed by atoms with Crippen molar-refractivity contribution in [3.8, 4) is 0 Å². The van der Waals surface area contributed by atoms with E-state index >= 15 is 0 Å². The van der Waals surface area contributed by atoms with Gasteiger partial charge in [-0.15, -0.1) is 10.2 Å². The summed E-state index contributed by atoms with van der Waals surface area (Å²) in [6, 6.07) is 8.00. The number of aromatic nitrogens is 2. The average molecular weight is 310 g/mol. The Morgan fingerprint density at radius 2 is 1.90 bits per heavy atom. The minimum atomic E-state index is 0.537. The highest BCUT2D eigenvalue weighted by Gasteiger charge is 2.19. The summed E-state index contributed by atoms with van der Waals surface area (Å²) in [7, 11) is 0. The van der Waals surface area contributed by atoms with Gasteiger partial charge in [0, 0.05) is 26.2 Å². The molecule has 0 unspecified atom stereocenters. The molecule has 1 fully saturated rings. The van der Waals surface area contributed by atoms with Gasteiger partial charge in [0.05, 0.1) is 17.3 Å². The Morgan fingerprint density at radius 3 is 2.55 bits per heavy atom. The molecule has 1 aliphatic rings.